The Labute approximate surface area is 117 Å². The number of hydrogen-bond acceptors (Lipinski definition) is 4. The fraction of sp³-hybridized carbons (Fsp3) is 0.154. The van der Waals surface area contributed by atoms with Crippen LogP contribution in [0.3, 0.4) is 0 Å². The van der Waals surface area contributed by atoms with E-state index in [1.165, 1.54) is 6.07 Å². The van der Waals surface area contributed by atoms with E-state index in [2.05, 4.69) is 15.9 Å². The van der Waals surface area contributed by atoms with Crippen LogP contribution in [0.4, 0.5) is 5.69 Å². The molecule has 98 valence electrons. The summed E-state index contributed by atoms with van der Waals surface area (Å²) in [5, 5.41) is 10.7. The molecule has 0 aliphatic rings. The zero-order chi connectivity index (χ0) is 14.0. The SMILES string of the molecule is CCC(=O)c1ccc(-c2ccc([N+](=O)[O-])c(Br)c2)o1. The Bertz CT molecular complexity index is 648. The van der Waals surface area contributed by atoms with Gasteiger partial charge in [-0.2, -0.15) is 0 Å². The number of hydrogen-bond donors (Lipinski definition) is 0. The summed E-state index contributed by atoms with van der Waals surface area (Å²) in [4.78, 5) is 21.7. The first-order chi connectivity index (χ1) is 9.02. The maximum Gasteiger partial charge on any atom is 0.283 e. The van der Waals surface area contributed by atoms with Crippen molar-refractivity contribution in [3.8, 4) is 11.3 Å². The van der Waals surface area contributed by atoms with Gasteiger partial charge in [0.1, 0.15) is 5.76 Å². The Morgan fingerprint density at radius 1 is 1.37 bits per heavy atom. The van der Waals surface area contributed by atoms with E-state index in [0.29, 0.717) is 28.0 Å². The molecule has 0 atom stereocenters. The molecule has 6 heteroatoms. The second kappa shape index (κ2) is 5.36. The number of Topliss-reactive ketones (excluding diaryl/α,β-unsaturated/α-hetero) is 1. The van der Waals surface area contributed by atoms with Crippen LogP contribution in [0.15, 0.2) is 39.2 Å². The van der Waals surface area contributed by atoms with Crippen LogP contribution in [0.25, 0.3) is 11.3 Å². The standard InChI is InChI=1S/C13H10BrNO4/c1-2-11(16)13-6-5-12(19-13)8-3-4-10(15(17)18)9(14)7-8/h3-7H,2H2,1H3. The van der Waals surface area contributed by atoms with Crippen LogP contribution in [0, 0.1) is 10.1 Å². The molecule has 1 aromatic carbocycles. The number of carbonyl (C=O) groups excluding carboxylic acids is 1. The number of nitro benzene ring substituents is 1. The number of carbonyl (C=O) groups is 1. The molecule has 2 rings (SSSR count). The smallest absolute Gasteiger partial charge is 0.283 e. The van der Waals surface area contributed by atoms with E-state index < -0.39 is 4.92 Å². The van der Waals surface area contributed by atoms with E-state index in [9.17, 15) is 14.9 Å². The van der Waals surface area contributed by atoms with Crippen LogP contribution in [-0.4, -0.2) is 10.7 Å². The highest BCUT2D eigenvalue weighted by molar-refractivity contribution is 9.10. The van der Waals surface area contributed by atoms with Crippen molar-refractivity contribution in [3.05, 3.63) is 50.7 Å². The molecule has 0 unspecified atom stereocenters. The molecule has 5 nitrogen and oxygen atoms in total. The Balaban J connectivity index is 2.37. The van der Waals surface area contributed by atoms with Crippen LogP contribution in [0.5, 0.6) is 0 Å². The minimum absolute atomic E-state index is 0.0137. The largest absolute Gasteiger partial charge is 0.453 e. The first-order valence-electron chi connectivity index (χ1n) is 5.60. The van der Waals surface area contributed by atoms with Crippen LogP contribution in [0.1, 0.15) is 23.9 Å². The highest BCUT2D eigenvalue weighted by atomic mass is 79.9. The minimum Gasteiger partial charge on any atom is -0.453 e. The number of ketones is 1. The molecule has 0 saturated heterocycles. The average Bonchev–Trinajstić information content (AvgIpc) is 2.86. The summed E-state index contributed by atoms with van der Waals surface area (Å²) in [5.41, 5.74) is 0.660. The lowest BCUT2D eigenvalue weighted by molar-refractivity contribution is -0.385. The van der Waals surface area contributed by atoms with Gasteiger partial charge in [0.15, 0.2) is 11.5 Å². The molecule has 0 amide bonds. The lowest BCUT2D eigenvalue weighted by Crippen LogP contribution is -1.92. The molecule has 0 saturated carbocycles. The van der Waals surface area contributed by atoms with E-state index in [1.807, 2.05) is 0 Å². The van der Waals surface area contributed by atoms with E-state index in [-0.39, 0.29) is 11.5 Å². The van der Waals surface area contributed by atoms with Crippen molar-refractivity contribution in [2.24, 2.45) is 0 Å². The number of furan rings is 1. The van der Waals surface area contributed by atoms with Crippen molar-refractivity contribution in [2.45, 2.75) is 13.3 Å². The van der Waals surface area contributed by atoms with Gasteiger partial charge >= 0.3 is 0 Å². The Morgan fingerprint density at radius 3 is 2.68 bits per heavy atom. The Hall–Kier alpha value is -1.95. The fourth-order valence-corrected chi connectivity index (χ4v) is 2.15. The topological polar surface area (TPSA) is 73.3 Å². The van der Waals surface area contributed by atoms with Gasteiger partial charge in [-0.25, -0.2) is 0 Å². The maximum atomic E-state index is 11.5. The van der Waals surface area contributed by atoms with Crippen molar-refractivity contribution in [1.82, 2.24) is 0 Å². The first kappa shape index (κ1) is 13.5. The summed E-state index contributed by atoms with van der Waals surface area (Å²) >= 11 is 3.14. The molecule has 1 aromatic heterocycles. The zero-order valence-electron chi connectivity index (χ0n) is 10.1. The van der Waals surface area contributed by atoms with Crippen LogP contribution in [-0.2, 0) is 0 Å². The molecule has 0 spiro atoms. The van der Waals surface area contributed by atoms with Gasteiger partial charge in [0.2, 0.25) is 0 Å². The van der Waals surface area contributed by atoms with Gasteiger partial charge in [-0.15, -0.1) is 0 Å². The van der Waals surface area contributed by atoms with Crippen LogP contribution < -0.4 is 0 Å². The van der Waals surface area contributed by atoms with Gasteiger partial charge in [-0.3, -0.25) is 14.9 Å². The molecule has 2 aromatic rings. The third-order valence-electron chi connectivity index (χ3n) is 2.63. The van der Waals surface area contributed by atoms with E-state index in [4.69, 9.17) is 4.42 Å². The molecule has 0 aliphatic carbocycles. The van der Waals surface area contributed by atoms with Crippen molar-refractivity contribution in [3.63, 3.8) is 0 Å². The number of nitrogens with zero attached hydrogens (tertiary/aromatic N) is 1. The minimum atomic E-state index is -0.470. The first-order valence-corrected chi connectivity index (χ1v) is 6.39. The van der Waals surface area contributed by atoms with Crippen molar-refractivity contribution in [1.29, 1.82) is 0 Å². The Kier molecular flexibility index (Phi) is 3.80. The highest BCUT2D eigenvalue weighted by Gasteiger charge is 2.15. The highest BCUT2D eigenvalue weighted by Crippen LogP contribution is 2.31. The summed E-state index contributed by atoms with van der Waals surface area (Å²) < 4.78 is 5.81. The maximum absolute atomic E-state index is 11.5. The van der Waals surface area contributed by atoms with Gasteiger partial charge in [-0.05, 0) is 40.2 Å². The van der Waals surface area contributed by atoms with Crippen molar-refractivity contribution in [2.75, 3.05) is 0 Å². The van der Waals surface area contributed by atoms with Gasteiger partial charge in [0.25, 0.3) is 5.69 Å². The van der Waals surface area contributed by atoms with Crippen LogP contribution in [0.2, 0.25) is 0 Å². The molecular formula is C13H10BrNO4. The Morgan fingerprint density at radius 2 is 2.11 bits per heavy atom. The lowest BCUT2D eigenvalue weighted by atomic mass is 10.1. The molecule has 0 N–H and O–H groups in total. The normalized spacial score (nSPS) is 10.4. The van der Waals surface area contributed by atoms with E-state index in [1.54, 1.807) is 31.2 Å². The monoisotopic (exact) mass is 323 g/mol. The predicted octanol–water partition coefficient (Wildman–Crippen LogP) is 4.21. The summed E-state index contributed by atoms with van der Waals surface area (Å²) in [6.07, 6.45) is 0.372. The molecule has 0 bridgehead atoms. The number of benzene rings is 1. The van der Waals surface area contributed by atoms with Gasteiger partial charge in [-0.1, -0.05) is 6.92 Å². The molecule has 1 heterocycles. The summed E-state index contributed by atoms with van der Waals surface area (Å²) in [7, 11) is 0. The number of halogens is 1. The fourth-order valence-electron chi connectivity index (χ4n) is 1.63. The van der Waals surface area contributed by atoms with Crippen LogP contribution >= 0.6 is 15.9 Å². The molecule has 0 radical (unpaired) electrons. The molecule has 0 aliphatic heterocycles. The second-order valence-electron chi connectivity index (χ2n) is 3.86. The second-order valence-corrected chi connectivity index (χ2v) is 4.72. The summed E-state index contributed by atoms with van der Waals surface area (Å²) in [6.45, 7) is 1.76. The number of rotatable bonds is 4. The predicted molar refractivity (Wildman–Crippen MR) is 73.1 cm³/mol. The lowest BCUT2D eigenvalue weighted by Gasteiger charge is -1.99. The van der Waals surface area contributed by atoms with Crippen molar-refractivity contribution >= 4 is 27.4 Å². The van der Waals surface area contributed by atoms with E-state index >= 15 is 0 Å². The summed E-state index contributed by atoms with van der Waals surface area (Å²) in [6, 6.07) is 7.86. The average molecular weight is 324 g/mol. The third-order valence-corrected chi connectivity index (χ3v) is 3.27. The van der Waals surface area contributed by atoms with Crippen molar-refractivity contribution < 1.29 is 14.1 Å². The van der Waals surface area contributed by atoms with Gasteiger partial charge < -0.3 is 4.42 Å². The zero-order valence-corrected chi connectivity index (χ0v) is 11.6. The third kappa shape index (κ3) is 2.73. The van der Waals surface area contributed by atoms with Gasteiger partial charge in [0.05, 0.1) is 9.40 Å². The molecule has 19 heavy (non-hydrogen) atoms. The number of nitro groups is 1. The summed E-state index contributed by atoms with van der Waals surface area (Å²) in [5.74, 6) is 0.728. The quantitative estimate of drug-likeness (QED) is 0.480. The van der Waals surface area contributed by atoms with Gasteiger partial charge in [0, 0.05) is 18.1 Å². The molecule has 0 fully saturated rings. The molecular weight excluding hydrogens is 314 g/mol. The van der Waals surface area contributed by atoms with E-state index in [0.717, 1.165) is 0 Å².